The molecule has 0 saturated carbocycles. The Labute approximate surface area is 141 Å². The summed E-state index contributed by atoms with van der Waals surface area (Å²) in [5.41, 5.74) is 9.46. The van der Waals surface area contributed by atoms with Crippen LogP contribution in [0.4, 0.5) is 5.69 Å². The zero-order valence-corrected chi connectivity index (χ0v) is 13.5. The fourth-order valence-corrected chi connectivity index (χ4v) is 2.72. The number of rotatable bonds is 5. The lowest BCUT2D eigenvalue weighted by molar-refractivity contribution is -0.117. The van der Waals surface area contributed by atoms with Crippen LogP contribution >= 0.6 is 0 Å². The molecule has 24 heavy (non-hydrogen) atoms. The third kappa shape index (κ3) is 3.36. The van der Waals surface area contributed by atoms with Gasteiger partial charge in [0, 0.05) is 31.0 Å². The van der Waals surface area contributed by atoms with Crippen molar-refractivity contribution in [1.82, 2.24) is 9.78 Å². The minimum atomic E-state index is -0.369. The molecule has 5 nitrogen and oxygen atoms in total. The molecule has 3 rings (SSSR count). The summed E-state index contributed by atoms with van der Waals surface area (Å²) in [5.74, 6) is -0.475. The second-order valence-electron chi connectivity index (χ2n) is 5.61. The molecule has 0 saturated heterocycles. The summed E-state index contributed by atoms with van der Waals surface area (Å²) in [4.78, 5) is 12.6. The van der Waals surface area contributed by atoms with Gasteiger partial charge in [-0.05, 0) is 23.8 Å². The number of carbonyl (C=O) groups is 1. The summed E-state index contributed by atoms with van der Waals surface area (Å²) in [7, 11) is 1.89. The van der Waals surface area contributed by atoms with E-state index in [0.717, 1.165) is 22.5 Å². The highest BCUT2D eigenvalue weighted by molar-refractivity contribution is 5.96. The maximum Gasteiger partial charge on any atom is 0.233 e. The zero-order valence-electron chi connectivity index (χ0n) is 13.5. The lowest BCUT2D eigenvalue weighted by atomic mass is 9.98. The smallest absolute Gasteiger partial charge is 0.233 e. The van der Waals surface area contributed by atoms with Crippen LogP contribution in [-0.2, 0) is 11.8 Å². The molecule has 0 bridgehead atoms. The molecule has 0 aliphatic rings. The van der Waals surface area contributed by atoms with E-state index in [9.17, 15) is 4.79 Å². The molecule has 0 aliphatic carbocycles. The number of nitrogens with two attached hydrogens (primary N) is 1. The van der Waals surface area contributed by atoms with Crippen LogP contribution < -0.4 is 11.1 Å². The van der Waals surface area contributed by atoms with E-state index in [2.05, 4.69) is 10.4 Å². The van der Waals surface area contributed by atoms with E-state index in [1.165, 1.54) is 0 Å². The molecule has 1 atom stereocenters. The molecule has 1 heterocycles. The molecule has 5 heteroatoms. The molecule has 3 N–H and O–H groups in total. The normalized spacial score (nSPS) is 11.9. The Morgan fingerprint density at radius 1 is 1.17 bits per heavy atom. The molecule has 0 fully saturated rings. The number of hydrogen-bond donors (Lipinski definition) is 2. The number of amides is 1. The highest BCUT2D eigenvalue weighted by atomic mass is 16.1. The first-order valence-corrected chi connectivity index (χ1v) is 7.83. The van der Waals surface area contributed by atoms with E-state index in [4.69, 9.17) is 5.73 Å². The van der Waals surface area contributed by atoms with E-state index in [0.29, 0.717) is 0 Å². The van der Waals surface area contributed by atoms with Gasteiger partial charge in [0.1, 0.15) is 0 Å². The van der Waals surface area contributed by atoms with E-state index in [-0.39, 0.29) is 18.4 Å². The SMILES string of the molecule is Cn1nccc1-c1cccc(NC(=O)C(CN)c2ccccc2)c1. The van der Waals surface area contributed by atoms with Gasteiger partial charge >= 0.3 is 0 Å². The number of aryl methyl sites for hydroxylation is 1. The second-order valence-corrected chi connectivity index (χ2v) is 5.61. The van der Waals surface area contributed by atoms with Gasteiger partial charge in [-0.2, -0.15) is 5.10 Å². The van der Waals surface area contributed by atoms with Crippen LogP contribution in [0.25, 0.3) is 11.3 Å². The van der Waals surface area contributed by atoms with Crippen LogP contribution in [0, 0.1) is 0 Å². The quantitative estimate of drug-likeness (QED) is 0.759. The number of anilines is 1. The number of nitrogens with one attached hydrogen (secondary N) is 1. The van der Waals surface area contributed by atoms with Crippen molar-refractivity contribution in [2.24, 2.45) is 12.8 Å². The number of aromatic nitrogens is 2. The molecule has 0 radical (unpaired) electrons. The van der Waals surface area contributed by atoms with Crippen molar-refractivity contribution >= 4 is 11.6 Å². The van der Waals surface area contributed by atoms with Gasteiger partial charge in [-0.1, -0.05) is 42.5 Å². The molecule has 0 aliphatic heterocycles. The van der Waals surface area contributed by atoms with Gasteiger partial charge in [0.05, 0.1) is 11.6 Å². The van der Waals surface area contributed by atoms with Crippen molar-refractivity contribution in [3.63, 3.8) is 0 Å². The fourth-order valence-electron chi connectivity index (χ4n) is 2.72. The van der Waals surface area contributed by atoms with Crippen LogP contribution in [0.5, 0.6) is 0 Å². The first-order valence-electron chi connectivity index (χ1n) is 7.83. The third-order valence-corrected chi connectivity index (χ3v) is 4.00. The molecule has 2 aromatic carbocycles. The maximum atomic E-state index is 12.6. The van der Waals surface area contributed by atoms with Gasteiger partial charge in [-0.3, -0.25) is 9.48 Å². The van der Waals surface area contributed by atoms with Gasteiger partial charge in [-0.25, -0.2) is 0 Å². The monoisotopic (exact) mass is 320 g/mol. The van der Waals surface area contributed by atoms with Gasteiger partial charge in [0.2, 0.25) is 5.91 Å². The van der Waals surface area contributed by atoms with Gasteiger partial charge < -0.3 is 11.1 Å². The fraction of sp³-hybridized carbons (Fsp3) is 0.158. The van der Waals surface area contributed by atoms with E-state index in [1.54, 1.807) is 10.9 Å². The molecule has 1 amide bonds. The number of carbonyl (C=O) groups excluding carboxylic acids is 1. The number of benzene rings is 2. The zero-order chi connectivity index (χ0) is 16.9. The average molecular weight is 320 g/mol. The molecular formula is C19H20N4O. The summed E-state index contributed by atoms with van der Waals surface area (Å²) in [6, 6.07) is 19.2. The summed E-state index contributed by atoms with van der Waals surface area (Å²) < 4.78 is 1.80. The van der Waals surface area contributed by atoms with Crippen LogP contribution in [0.3, 0.4) is 0 Å². The summed E-state index contributed by atoms with van der Waals surface area (Å²) in [6.45, 7) is 0.261. The van der Waals surface area contributed by atoms with Crippen LogP contribution in [0.1, 0.15) is 11.5 Å². The predicted octanol–water partition coefficient (Wildman–Crippen LogP) is 2.77. The lowest BCUT2D eigenvalue weighted by Crippen LogP contribution is -2.27. The first-order chi connectivity index (χ1) is 11.7. The van der Waals surface area contributed by atoms with Crippen molar-refractivity contribution in [3.05, 3.63) is 72.4 Å². The molecule has 122 valence electrons. The average Bonchev–Trinajstić information content (AvgIpc) is 3.03. The van der Waals surface area contributed by atoms with Gasteiger partial charge in [-0.15, -0.1) is 0 Å². The Hall–Kier alpha value is -2.92. The van der Waals surface area contributed by atoms with E-state index in [1.807, 2.05) is 67.7 Å². The Bertz CT molecular complexity index is 826. The maximum absolute atomic E-state index is 12.6. The standard InChI is InChI=1S/C19H20N4O/c1-23-18(10-11-21-23)15-8-5-9-16(12-15)22-19(24)17(13-20)14-6-3-2-4-7-14/h2-12,17H,13,20H2,1H3,(H,22,24). The minimum absolute atomic E-state index is 0.106. The van der Waals surface area contributed by atoms with Crippen molar-refractivity contribution < 1.29 is 4.79 Å². The van der Waals surface area contributed by atoms with Crippen molar-refractivity contribution in [3.8, 4) is 11.3 Å². The van der Waals surface area contributed by atoms with Crippen LogP contribution in [0.15, 0.2) is 66.9 Å². The van der Waals surface area contributed by atoms with Crippen LogP contribution in [-0.4, -0.2) is 22.2 Å². The first kappa shape index (κ1) is 16.0. The molecule has 3 aromatic rings. The van der Waals surface area contributed by atoms with Crippen molar-refractivity contribution in [1.29, 1.82) is 0 Å². The molecular weight excluding hydrogens is 300 g/mol. The van der Waals surface area contributed by atoms with Crippen molar-refractivity contribution in [2.75, 3.05) is 11.9 Å². The largest absolute Gasteiger partial charge is 0.329 e. The van der Waals surface area contributed by atoms with Crippen LogP contribution in [0.2, 0.25) is 0 Å². The Kier molecular flexibility index (Phi) is 4.72. The van der Waals surface area contributed by atoms with E-state index >= 15 is 0 Å². The minimum Gasteiger partial charge on any atom is -0.329 e. The molecule has 0 spiro atoms. The predicted molar refractivity (Wildman–Crippen MR) is 95.5 cm³/mol. The highest BCUT2D eigenvalue weighted by Crippen LogP contribution is 2.23. The van der Waals surface area contributed by atoms with Gasteiger partial charge in [0.25, 0.3) is 0 Å². The van der Waals surface area contributed by atoms with Gasteiger partial charge in [0.15, 0.2) is 0 Å². The molecule has 1 unspecified atom stereocenters. The molecule has 1 aromatic heterocycles. The highest BCUT2D eigenvalue weighted by Gasteiger charge is 2.19. The number of nitrogens with zero attached hydrogens (tertiary/aromatic N) is 2. The second kappa shape index (κ2) is 7.10. The lowest BCUT2D eigenvalue weighted by Gasteiger charge is -2.15. The summed E-state index contributed by atoms with van der Waals surface area (Å²) in [6.07, 6.45) is 1.75. The summed E-state index contributed by atoms with van der Waals surface area (Å²) in [5, 5.41) is 7.14. The van der Waals surface area contributed by atoms with E-state index < -0.39 is 0 Å². The van der Waals surface area contributed by atoms with Crippen molar-refractivity contribution in [2.45, 2.75) is 5.92 Å². The Balaban J connectivity index is 1.81. The Morgan fingerprint density at radius 2 is 1.96 bits per heavy atom. The number of hydrogen-bond acceptors (Lipinski definition) is 3. The topological polar surface area (TPSA) is 72.9 Å². The summed E-state index contributed by atoms with van der Waals surface area (Å²) >= 11 is 0. The third-order valence-electron chi connectivity index (χ3n) is 4.00. The Morgan fingerprint density at radius 3 is 2.62 bits per heavy atom.